The predicted octanol–water partition coefficient (Wildman–Crippen LogP) is 0.806. The molecule has 6 nitrogen and oxygen atoms in total. The van der Waals surface area contributed by atoms with Crippen LogP contribution in [0.2, 0.25) is 0 Å². The molecule has 1 amide bonds. The van der Waals surface area contributed by atoms with Crippen molar-refractivity contribution < 1.29 is 9.32 Å². The van der Waals surface area contributed by atoms with Crippen LogP contribution in [0.1, 0.15) is 17.5 Å². The van der Waals surface area contributed by atoms with Crippen molar-refractivity contribution in [3.63, 3.8) is 0 Å². The predicted molar refractivity (Wildman–Crippen MR) is 68.2 cm³/mol. The summed E-state index contributed by atoms with van der Waals surface area (Å²) in [6, 6.07) is 7.80. The normalized spacial score (nSPS) is 19.2. The van der Waals surface area contributed by atoms with Crippen molar-refractivity contribution in [2.75, 3.05) is 13.1 Å². The Hall–Kier alpha value is -2.21. The number of hydrogen-bond donors (Lipinski definition) is 2. The van der Waals surface area contributed by atoms with Gasteiger partial charge in [0.1, 0.15) is 6.04 Å². The molecule has 1 aliphatic heterocycles. The quantitative estimate of drug-likeness (QED) is 0.833. The van der Waals surface area contributed by atoms with Gasteiger partial charge in [-0.05, 0) is 6.92 Å². The molecule has 1 aromatic heterocycles. The maximum atomic E-state index is 11.1. The number of piperazine rings is 1. The summed E-state index contributed by atoms with van der Waals surface area (Å²) >= 11 is 0. The summed E-state index contributed by atoms with van der Waals surface area (Å²) in [7, 11) is 0. The van der Waals surface area contributed by atoms with E-state index in [0.717, 1.165) is 5.56 Å². The molecule has 2 aromatic rings. The lowest BCUT2D eigenvalue weighted by Gasteiger charge is -2.20. The van der Waals surface area contributed by atoms with Crippen LogP contribution in [0.4, 0.5) is 0 Å². The minimum absolute atomic E-state index is 0.0190. The van der Waals surface area contributed by atoms with Gasteiger partial charge in [-0.3, -0.25) is 10.1 Å². The average Bonchev–Trinajstić information content (AvgIpc) is 2.90. The number of aromatic nitrogens is 2. The van der Waals surface area contributed by atoms with E-state index in [1.807, 2.05) is 31.2 Å². The highest BCUT2D eigenvalue weighted by Gasteiger charge is 2.24. The van der Waals surface area contributed by atoms with Crippen molar-refractivity contribution in [1.29, 1.82) is 0 Å². The highest BCUT2D eigenvalue weighted by molar-refractivity contribution is 5.78. The Bertz CT molecular complexity index is 581. The summed E-state index contributed by atoms with van der Waals surface area (Å²) in [5.41, 5.74) is 2.10. The Morgan fingerprint density at radius 2 is 2.11 bits per heavy atom. The summed E-state index contributed by atoms with van der Waals surface area (Å²) in [6.45, 7) is 2.77. The molecule has 1 atom stereocenters. The number of carbonyl (C=O) groups is 1. The molecule has 1 fully saturated rings. The molecule has 0 saturated carbocycles. The van der Waals surface area contributed by atoms with Crippen LogP contribution in [0, 0.1) is 6.92 Å². The summed E-state index contributed by atoms with van der Waals surface area (Å²) in [5.74, 6) is 1.04. The van der Waals surface area contributed by atoms with Gasteiger partial charge < -0.3 is 9.84 Å². The average molecular weight is 258 g/mol. The van der Waals surface area contributed by atoms with E-state index in [4.69, 9.17) is 4.52 Å². The molecule has 19 heavy (non-hydrogen) atoms. The topological polar surface area (TPSA) is 80.0 Å². The van der Waals surface area contributed by atoms with Crippen LogP contribution < -0.4 is 10.6 Å². The summed E-state index contributed by atoms with van der Waals surface area (Å²) in [4.78, 5) is 15.4. The zero-order valence-corrected chi connectivity index (χ0v) is 10.5. The fourth-order valence-corrected chi connectivity index (χ4v) is 1.94. The first-order valence-corrected chi connectivity index (χ1v) is 6.13. The number of carbonyl (C=O) groups excluding carboxylic acids is 1. The van der Waals surface area contributed by atoms with Gasteiger partial charge in [-0.15, -0.1) is 0 Å². The largest absolute Gasteiger partial charge is 0.353 e. The van der Waals surface area contributed by atoms with Crippen molar-refractivity contribution in [1.82, 2.24) is 20.8 Å². The second-order valence-corrected chi connectivity index (χ2v) is 4.56. The fraction of sp³-hybridized carbons (Fsp3) is 0.308. The van der Waals surface area contributed by atoms with Gasteiger partial charge >= 0.3 is 0 Å². The Morgan fingerprint density at radius 3 is 2.79 bits per heavy atom. The second-order valence-electron chi connectivity index (χ2n) is 4.56. The lowest BCUT2D eigenvalue weighted by molar-refractivity contribution is -0.121. The monoisotopic (exact) mass is 258 g/mol. The molecule has 0 spiro atoms. The maximum absolute atomic E-state index is 11.1. The summed E-state index contributed by atoms with van der Waals surface area (Å²) in [5, 5.41) is 9.78. The minimum atomic E-state index is -0.121. The molecule has 6 heteroatoms. The maximum Gasteiger partial charge on any atom is 0.245 e. The molecule has 2 heterocycles. The van der Waals surface area contributed by atoms with Crippen LogP contribution in [-0.4, -0.2) is 29.1 Å². The molecule has 2 N–H and O–H groups in total. The van der Waals surface area contributed by atoms with E-state index >= 15 is 0 Å². The Morgan fingerprint density at radius 1 is 1.32 bits per heavy atom. The van der Waals surface area contributed by atoms with Gasteiger partial charge in [-0.1, -0.05) is 35.0 Å². The van der Waals surface area contributed by atoms with E-state index in [9.17, 15) is 4.79 Å². The van der Waals surface area contributed by atoms with Gasteiger partial charge in [0.25, 0.3) is 0 Å². The highest BCUT2D eigenvalue weighted by atomic mass is 16.5. The Labute approximate surface area is 110 Å². The van der Waals surface area contributed by atoms with Crippen molar-refractivity contribution in [2.45, 2.75) is 13.0 Å². The van der Waals surface area contributed by atoms with Crippen LogP contribution in [0.15, 0.2) is 28.8 Å². The fourth-order valence-electron chi connectivity index (χ4n) is 1.94. The first kappa shape index (κ1) is 11.9. The van der Waals surface area contributed by atoms with Crippen LogP contribution in [-0.2, 0) is 4.79 Å². The van der Waals surface area contributed by atoms with Gasteiger partial charge in [0, 0.05) is 12.1 Å². The van der Waals surface area contributed by atoms with E-state index in [1.54, 1.807) is 0 Å². The molecule has 0 radical (unpaired) electrons. The third-order valence-electron chi connectivity index (χ3n) is 3.06. The van der Waals surface area contributed by atoms with Crippen LogP contribution >= 0.6 is 0 Å². The molecule has 0 bridgehead atoms. The Kier molecular flexibility index (Phi) is 3.00. The lowest BCUT2D eigenvalue weighted by atomic mass is 10.1. The van der Waals surface area contributed by atoms with E-state index in [2.05, 4.69) is 20.8 Å². The number of benzene rings is 1. The molecule has 1 aliphatic rings. The van der Waals surface area contributed by atoms with Crippen LogP contribution in [0.3, 0.4) is 0 Å². The number of nitrogens with one attached hydrogen (secondary N) is 2. The molecule has 0 aliphatic carbocycles. The van der Waals surface area contributed by atoms with Crippen LogP contribution in [0.5, 0.6) is 0 Å². The second kappa shape index (κ2) is 4.81. The van der Waals surface area contributed by atoms with Crippen molar-refractivity contribution in [3.8, 4) is 11.4 Å². The number of nitrogens with zero attached hydrogens (tertiary/aromatic N) is 2. The van der Waals surface area contributed by atoms with Gasteiger partial charge in [-0.2, -0.15) is 4.98 Å². The molecular weight excluding hydrogens is 244 g/mol. The van der Waals surface area contributed by atoms with Crippen LogP contribution in [0.25, 0.3) is 11.4 Å². The lowest BCUT2D eigenvalue weighted by Crippen LogP contribution is -2.47. The van der Waals surface area contributed by atoms with E-state index < -0.39 is 0 Å². The van der Waals surface area contributed by atoms with Gasteiger partial charge in [0.2, 0.25) is 17.6 Å². The molecule has 1 saturated heterocycles. The first-order valence-electron chi connectivity index (χ1n) is 6.13. The minimum Gasteiger partial charge on any atom is -0.353 e. The van der Waals surface area contributed by atoms with Crippen molar-refractivity contribution >= 4 is 5.91 Å². The highest BCUT2D eigenvalue weighted by Crippen LogP contribution is 2.19. The third-order valence-corrected chi connectivity index (χ3v) is 3.06. The van der Waals surface area contributed by atoms with E-state index in [-0.39, 0.29) is 18.5 Å². The van der Waals surface area contributed by atoms with E-state index in [0.29, 0.717) is 18.3 Å². The third kappa shape index (κ3) is 2.48. The van der Waals surface area contributed by atoms with Gasteiger partial charge in [-0.25, -0.2) is 0 Å². The smallest absolute Gasteiger partial charge is 0.245 e. The standard InChI is InChI=1S/C13H14N4O2/c1-8-2-4-9(5-3-8)12-16-13(19-17-12)10-6-15-11(18)7-14-10/h2-5,10,14H,6-7H2,1H3,(H,15,18). The number of aryl methyl sites for hydroxylation is 1. The zero-order chi connectivity index (χ0) is 13.2. The van der Waals surface area contributed by atoms with Gasteiger partial charge in [0.05, 0.1) is 6.54 Å². The number of rotatable bonds is 2. The number of amides is 1. The van der Waals surface area contributed by atoms with Crippen molar-refractivity contribution in [3.05, 3.63) is 35.7 Å². The molecule has 3 rings (SSSR count). The summed E-state index contributed by atoms with van der Waals surface area (Å²) < 4.78 is 5.25. The van der Waals surface area contributed by atoms with Gasteiger partial charge in [0.15, 0.2) is 0 Å². The van der Waals surface area contributed by atoms with E-state index in [1.165, 1.54) is 5.56 Å². The molecule has 1 aromatic carbocycles. The number of hydrogen-bond acceptors (Lipinski definition) is 5. The molecule has 1 unspecified atom stereocenters. The zero-order valence-electron chi connectivity index (χ0n) is 10.5. The molecular formula is C13H14N4O2. The first-order chi connectivity index (χ1) is 9.22. The van der Waals surface area contributed by atoms with Crippen molar-refractivity contribution in [2.24, 2.45) is 0 Å². The summed E-state index contributed by atoms with van der Waals surface area (Å²) in [6.07, 6.45) is 0. The SMILES string of the molecule is Cc1ccc(-c2noc(C3CNC(=O)CN3)n2)cc1. The Balaban J connectivity index is 1.79. The molecule has 98 valence electrons.